The number of aromatic amines is 1. The third-order valence-electron chi connectivity index (χ3n) is 4.35. The fourth-order valence-corrected chi connectivity index (χ4v) is 2.96. The first-order valence-corrected chi connectivity index (χ1v) is 8.55. The average Bonchev–Trinajstić information content (AvgIpc) is 2.72. The SMILES string of the molecule is COc1cc(/C=N/N2CCN(c3cccc[nH+]3)CC2)cc(OC)c1OC. The van der Waals surface area contributed by atoms with Crippen LogP contribution in [0.2, 0.25) is 0 Å². The van der Waals surface area contributed by atoms with Crippen LogP contribution in [0.3, 0.4) is 0 Å². The van der Waals surface area contributed by atoms with Gasteiger partial charge in [0.15, 0.2) is 11.5 Å². The minimum atomic E-state index is 0.583. The van der Waals surface area contributed by atoms with E-state index in [0.717, 1.165) is 37.6 Å². The molecule has 2 aromatic rings. The highest BCUT2D eigenvalue weighted by atomic mass is 16.5. The molecule has 3 rings (SSSR count). The monoisotopic (exact) mass is 357 g/mol. The number of piperazine rings is 1. The molecule has 0 aliphatic carbocycles. The van der Waals surface area contributed by atoms with Gasteiger partial charge in [0.1, 0.15) is 13.1 Å². The molecule has 1 saturated heterocycles. The van der Waals surface area contributed by atoms with Crippen molar-refractivity contribution in [2.45, 2.75) is 0 Å². The maximum absolute atomic E-state index is 5.38. The fourth-order valence-electron chi connectivity index (χ4n) is 2.96. The molecule has 1 aliphatic heterocycles. The highest BCUT2D eigenvalue weighted by Gasteiger charge is 2.22. The van der Waals surface area contributed by atoms with Crippen molar-refractivity contribution in [3.8, 4) is 17.2 Å². The van der Waals surface area contributed by atoms with Gasteiger partial charge < -0.3 is 14.2 Å². The van der Waals surface area contributed by atoms with E-state index in [9.17, 15) is 0 Å². The van der Waals surface area contributed by atoms with E-state index in [-0.39, 0.29) is 0 Å². The van der Waals surface area contributed by atoms with Crippen molar-refractivity contribution in [1.29, 1.82) is 0 Å². The Morgan fingerprint density at radius 1 is 0.962 bits per heavy atom. The molecule has 138 valence electrons. The Balaban J connectivity index is 1.66. The Morgan fingerprint density at radius 2 is 1.65 bits per heavy atom. The van der Waals surface area contributed by atoms with Gasteiger partial charge in [0, 0.05) is 11.6 Å². The van der Waals surface area contributed by atoms with E-state index >= 15 is 0 Å². The van der Waals surface area contributed by atoms with Crippen LogP contribution >= 0.6 is 0 Å². The summed E-state index contributed by atoms with van der Waals surface area (Å²) in [7, 11) is 4.81. The van der Waals surface area contributed by atoms with Crippen LogP contribution < -0.4 is 24.1 Å². The van der Waals surface area contributed by atoms with Gasteiger partial charge in [-0.05, 0) is 18.2 Å². The number of nitrogens with one attached hydrogen (secondary N) is 1. The van der Waals surface area contributed by atoms with Crippen LogP contribution in [0.4, 0.5) is 5.82 Å². The molecule has 0 bridgehead atoms. The van der Waals surface area contributed by atoms with Gasteiger partial charge in [0.25, 0.3) is 5.82 Å². The van der Waals surface area contributed by atoms with Crippen molar-refractivity contribution in [2.24, 2.45) is 5.10 Å². The first kappa shape index (κ1) is 17.8. The van der Waals surface area contributed by atoms with Gasteiger partial charge in [-0.25, -0.2) is 4.98 Å². The van der Waals surface area contributed by atoms with E-state index in [4.69, 9.17) is 14.2 Å². The Kier molecular flexibility index (Phi) is 5.78. The number of hydrazone groups is 1. The first-order chi connectivity index (χ1) is 12.7. The molecule has 0 saturated carbocycles. The number of hydrogen-bond donors (Lipinski definition) is 0. The lowest BCUT2D eigenvalue weighted by molar-refractivity contribution is -0.364. The molecule has 1 fully saturated rings. The molecule has 0 spiro atoms. The topological polar surface area (TPSA) is 60.7 Å². The Morgan fingerprint density at radius 3 is 2.19 bits per heavy atom. The lowest BCUT2D eigenvalue weighted by atomic mass is 10.2. The molecule has 0 atom stereocenters. The second-order valence-corrected chi connectivity index (χ2v) is 5.89. The number of ether oxygens (including phenoxy) is 3. The van der Waals surface area contributed by atoms with Gasteiger partial charge in [-0.3, -0.25) is 9.91 Å². The quantitative estimate of drug-likeness (QED) is 0.736. The highest BCUT2D eigenvalue weighted by molar-refractivity contribution is 5.82. The van der Waals surface area contributed by atoms with Crippen LogP contribution in [0.1, 0.15) is 5.56 Å². The van der Waals surface area contributed by atoms with Gasteiger partial charge in [-0.2, -0.15) is 5.10 Å². The third-order valence-corrected chi connectivity index (χ3v) is 4.35. The van der Waals surface area contributed by atoms with Gasteiger partial charge in [-0.1, -0.05) is 6.07 Å². The minimum Gasteiger partial charge on any atom is -0.493 e. The molecule has 0 unspecified atom stereocenters. The summed E-state index contributed by atoms with van der Waals surface area (Å²) in [6, 6.07) is 9.90. The maximum atomic E-state index is 5.38. The molecular formula is C19H25N4O3+. The molecule has 1 aromatic carbocycles. The van der Waals surface area contributed by atoms with Crippen molar-refractivity contribution in [3.05, 3.63) is 42.1 Å². The average molecular weight is 357 g/mol. The zero-order valence-corrected chi connectivity index (χ0v) is 15.4. The number of benzene rings is 1. The van der Waals surface area contributed by atoms with Crippen molar-refractivity contribution in [2.75, 3.05) is 52.4 Å². The number of methoxy groups -OCH3 is 3. The van der Waals surface area contributed by atoms with Crippen molar-refractivity contribution in [3.63, 3.8) is 0 Å². The first-order valence-electron chi connectivity index (χ1n) is 8.55. The van der Waals surface area contributed by atoms with Crippen LogP contribution in [-0.4, -0.2) is 58.7 Å². The van der Waals surface area contributed by atoms with Crippen molar-refractivity contribution < 1.29 is 19.2 Å². The maximum Gasteiger partial charge on any atom is 0.274 e. The van der Waals surface area contributed by atoms with E-state index in [0.29, 0.717) is 17.2 Å². The lowest BCUT2D eigenvalue weighted by Crippen LogP contribution is -2.45. The zero-order valence-electron chi connectivity index (χ0n) is 15.4. The number of H-pyrrole nitrogens is 1. The molecule has 7 nitrogen and oxygen atoms in total. The lowest BCUT2D eigenvalue weighted by Gasteiger charge is -2.28. The van der Waals surface area contributed by atoms with Gasteiger partial charge in [0.2, 0.25) is 5.75 Å². The number of rotatable bonds is 6. The molecular weight excluding hydrogens is 332 g/mol. The second-order valence-electron chi connectivity index (χ2n) is 5.89. The molecule has 7 heteroatoms. The van der Waals surface area contributed by atoms with E-state index in [1.807, 2.05) is 36.7 Å². The molecule has 2 heterocycles. The van der Waals surface area contributed by atoms with Gasteiger partial charge >= 0.3 is 0 Å². The van der Waals surface area contributed by atoms with Gasteiger partial charge in [0.05, 0.1) is 46.8 Å². The van der Waals surface area contributed by atoms with E-state index in [1.54, 1.807) is 21.3 Å². The third kappa shape index (κ3) is 3.99. The second kappa shape index (κ2) is 8.42. The summed E-state index contributed by atoms with van der Waals surface area (Å²) >= 11 is 0. The predicted octanol–water partition coefficient (Wildman–Crippen LogP) is 1.68. The minimum absolute atomic E-state index is 0.583. The zero-order chi connectivity index (χ0) is 18.4. The number of nitrogens with zero attached hydrogens (tertiary/aromatic N) is 3. The summed E-state index contributed by atoms with van der Waals surface area (Å²) in [4.78, 5) is 5.60. The van der Waals surface area contributed by atoms with Crippen LogP contribution in [-0.2, 0) is 0 Å². The standard InChI is InChI=1S/C19H24N4O3/c1-24-16-12-15(13-17(25-2)19(16)26-3)14-21-23-10-8-22(9-11-23)18-6-4-5-7-20-18/h4-7,12-14H,8-11H2,1-3H3/p+1/b21-14+. The predicted molar refractivity (Wildman–Crippen MR) is 100 cm³/mol. The Bertz CT molecular complexity index is 719. The van der Waals surface area contributed by atoms with Crippen LogP contribution in [0.25, 0.3) is 0 Å². The van der Waals surface area contributed by atoms with Crippen molar-refractivity contribution >= 4 is 12.0 Å². The Hall–Kier alpha value is -2.96. The van der Waals surface area contributed by atoms with Gasteiger partial charge in [-0.15, -0.1) is 0 Å². The summed E-state index contributed by atoms with van der Waals surface area (Å²) in [5.41, 5.74) is 0.901. The molecule has 0 radical (unpaired) electrons. The summed E-state index contributed by atoms with van der Waals surface area (Å²) in [6.07, 6.45) is 3.78. The van der Waals surface area contributed by atoms with E-state index in [1.165, 1.54) is 0 Å². The molecule has 0 amide bonds. The molecule has 1 aromatic heterocycles. The molecule has 1 aliphatic rings. The largest absolute Gasteiger partial charge is 0.493 e. The van der Waals surface area contributed by atoms with Crippen LogP contribution in [0, 0.1) is 0 Å². The highest BCUT2D eigenvalue weighted by Crippen LogP contribution is 2.37. The smallest absolute Gasteiger partial charge is 0.274 e. The summed E-state index contributed by atoms with van der Waals surface area (Å²) in [6.45, 7) is 3.58. The van der Waals surface area contributed by atoms with Crippen LogP contribution in [0.15, 0.2) is 41.6 Å². The number of anilines is 1. The summed E-state index contributed by atoms with van der Waals surface area (Å²) in [5, 5.41) is 6.68. The van der Waals surface area contributed by atoms with Crippen molar-refractivity contribution in [1.82, 2.24) is 5.01 Å². The normalized spacial score (nSPS) is 14.6. The number of pyridine rings is 1. The summed E-state index contributed by atoms with van der Waals surface area (Å²) in [5.74, 6) is 2.97. The number of hydrogen-bond acceptors (Lipinski definition) is 6. The number of aromatic nitrogens is 1. The van der Waals surface area contributed by atoms with E-state index < -0.39 is 0 Å². The van der Waals surface area contributed by atoms with E-state index in [2.05, 4.69) is 26.1 Å². The van der Waals surface area contributed by atoms with Crippen LogP contribution in [0.5, 0.6) is 17.2 Å². The summed E-state index contributed by atoms with van der Waals surface area (Å²) < 4.78 is 16.1. The Labute approximate surface area is 153 Å². The molecule has 26 heavy (non-hydrogen) atoms. The fraction of sp³-hybridized carbons (Fsp3) is 0.368. The molecule has 1 N–H and O–H groups in total.